The number of urea groups is 1. The minimum absolute atomic E-state index is 0.00526. The number of nitrogens with zero attached hydrogens (tertiary/aromatic N) is 2. The Bertz CT molecular complexity index is 1350. The highest BCUT2D eigenvalue weighted by Crippen LogP contribution is 2.20. The number of benzene rings is 3. The number of methoxy groups -OCH3 is 1. The van der Waals surface area contributed by atoms with Crippen molar-refractivity contribution in [3.8, 4) is 5.75 Å². The SMILES string of the molecule is COc1cccc(NC(=O)N(CC(=O)N(CCc2c[nH]c3ccccc23)Cc2ccccc2)CC(C)C)c1. The Kier molecular flexibility index (Phi) is 9.03. The summed E-state index contributed by atoms with van der Waals surface area (Å²) in [7, 11) is 1.59. The number of nitrogens with one attached hydrogen (secondary N) is 2. The van der Waals surface area contributed by atoms with Gasteiger partial charge in [0.2, 0.25) is 5.91 Å². The molecule has 1 aromatic heterocycles. The van der Waals surface area contributed by atoms with Crippen LogP contribution in [0.3, 0.4) is 0 Å². The van der Waals surface area contributed by atoms with Crippen molar-refractivity contribution in [1.29, 1.82) is 0 Å². The van der Waals surface area contributed by atoms with Crippen LogP contribution in [-0.2, 0) is 17.8 Å². The number of carbonyl (C=O) groups is 2. The van der Waals surface area contributed by atoms with Crippen molar-refractivity contribution in [1.82, 2.24) is 14.8 Å². The first-order valence-corrected chi connectivity index (χ1v) is 13.0. The lowest BCUT2D eigenvalue weighted by Gasteiger charge is -2.29. The van der Waals surface area contributed by atoms with Crippen molar-refractivity contribution >= 4 is 28.5 Å². The van der Waals surface area contributed by atoms with E-state index >= 15 is 0 Å². The van der Waals surface area contributed by atoms with Gasteiger partial charge in [-0.1, -0.05) is 68.4 Å². The molecule has 4 rings (SSSR count). The third-order valence-electron chi connectivity index (χ3n) is 6.41. The lowest BCUT2D eigenvalue weighted by atomic mass is 10.1. The molecule has 0 saturated carbocycles. The highest BCUT2D eigenvalue weighted by Gasteiger charge is 2.23. The molecule has 1 heterocycles. The second-order valence-corrected chi connectivity index (χ2v) is 9.85. The van der Waals surface area contributed by atoms with Crippen LogP contribution in [0.5, 0.6) is 5.75 Å². The number of fused-ring (bicyclic) bond motifs is 1. The van der Waals surface area contributed by atoms with Gasteiger partial charge in [-0.2, -0.15) is 0 Å². The number of anilines is 1. The van der Waals surface area contributed by atoms with E-state index in [9.17, 15) is 9.59 Å². The Labute approximate surface area is 224 Å². The Morgan fingerprint density at radius 3 is 2.47 bits per heavy atom. The van der Waals surface area contributed by atoms with Crippen molar-refractivity contribution in [2.75, 3.05) is 32.1 Å². The van der Waals surface area contributed by atoms with E-state index in [0.717, 1.165) is 11.1 Å². The van der Waals surface area contributed by atoms with Gasteiger partial charge in [-0.15, -0.1) is 0 Å². The van der Waals surface area contributed by atoms with Gasteiger partial charge in [-0.25, -0.2) is 4.79 Å². The molecular weight excluding hydrogens is 476 g/mol. The lowest BCUT2D eigenvalue weighted by Crippen LogP contribution is -2.46. The fraction of sp³-hybridized carbons (Fsp3) is 0.290. The van der Waals surface area contributed by atoms with Crippen LogP contribution in [0.15, 0.2) is 85.1 Å². The van der Waals surface area contributed by atoms with E-state index in [1.807, 2.05) is 79.5 Å². The Hall–Kier alpha value is -4.26. The summed E-state index contributed by atoms with van der Waals surface area (Å²) in [5, 5.41) is 4.09. The summed E-state index contributed by atoms with van der Waals surface area (Å²) in [6, 6.07) is 25.0. The zero-order valence-electron chi connectivity index (χ0n) is 22.3. The highest BCUT2D eigenvalue weighted by molar-refractivity contribution is 5.92. The zero-order chi connectivity index (χ0) is 26.9. The van der Waals surface area contributed by atoms with Gasteiger partial charge in [0.1, 0.15) is 12.3 Å². The summed E-state index contributed by atoms with van der Waals surface area (Å²) in [6.07, 6.45) is 2.73. The monoisotopic (exact) mass is 512 g/mol. The van der Waals surface area contributed by atoms with E-state index in [4.69, 9.17) is 4.74 Å². The van der Waals surface area contributed by atoms with E-state index in [2.05, 4.69) is 22.4 Å². The van der Waals surface area contributed by atoms with Gasteiger partial charge in [0.25, 0.3) is 0 Å². The molecule has 0 aliphatic carbocycles. The van der Waals surface area contributed by atoms with E-state index in [0.29, 0.717) is 37.5 Å². The van der Waals surface area contributed by atoms with Crippen molar-refractivity contribution < 1.29 is 14.3 Å². The third-order valence-corrected chi connectivity index (χ3v) is 6.41. The number of H-pyrrole nitrogens is 1. The summed E-state index contributed by atoms with van der Waals surface area (Å²) < 4.78 is 5.27. The molecule has 38 heavy (non-hydrogen) atoms. The summed E-state index contributed by atoms with van der Waals surface area (Å²) >= 11 is 0. The number of aromatic amines is 1. The van der Waals surface area contributed by atoms with Crippen LogP contribution in [0.1, 0.15) is 25.0 Å². The van der Waals surface area contributed by atoms with Crippen LogP contribution in [-0.4, -0.2) is 53.5 Å². The zero-order valence-corrected chi connectivity index (χ0v) is 22.3. The van der Waals surface area contributed by atoms with Crippen molar-refractivity contribution in [3.63, 3.8) is 0 Å². The minimum atomic E-state index is -0.309. The standard InChI is InChI=1S/C31H36N4O3/c1-23(2)20-35(31(37)33-26-12-9-13-27(18-26)38-3)22-30(36)34(21-24-10-5-4-6-11-24)17-16-25-19-32-29-15-8-7-14-28(25)29/h4-15,18-19,23,32H,16-17,20-22H2,1-3H3,(H,33,37). The maximum atomic E-state index is 13.7. The molecule has 0 spiro atoms. The molecule has 0 aliphatic rings. The van der Waals surface area contributed by atoms with Gasteiger partial charge >= 0.3 is 6.03 Å². The van der Waals surface area contributed by atoms with Crippen molar-refractivity contribution in [3.05, 3.63) is 96.2 Å². The van der Waals surface area contributed by atoms with E-state index in [1.54, 1.807) is 24.1 Å². The molecule has 0 radical (unpaired) electrons. The van der Waals surface area contributed by atoms with Gasteiger partial charge in [-0.05, 0) is 41.7 Å². The second-order valence-electron chi connectivity index (χ2n) is 9.85. The average Bonchev–Trinajstić information content (AvgIpc) is 3.34. The maximum absolute atomic E-state index is 13.7. The van der Waals surface area contributed by atoms with E-state index < -0.39 is 0 Å². The predicted molar refractivity (Wildman–Crippen MR) is 152 cm³/mol. The van der Waals surface area contributed by atoms with Gasteiger partial charge in [0.05, 0.1) is 7.11 Å². The number of rotatable bonds is 11. The van der Waals surface area contributed by atoms with Crippen LogP contribution < -0.4 is 10.1 Å². The van der Waals surface area contributed by atoms with Crippen LogP contribution in [0.4, 0.5) is 10.5 Å². The van der Waals surface area contributed by atoms with Gasteiger partial charge in [0.15, 0.2) is 0 Å². The van der Waals surface area contributed by atoms with Crippen LogP contribution >= 0.6 is 0 Å². The molecule has 2 N–H and O–H groups in total. The molecule has 0 atom stereocenters. The molecule has 0 unspecified atom stereocenters. The van der Waals surface area contributed by atoms with Gasteiger partial charge in [-0.3, -0.25) is 4.79 Å². The Morgan fingerprint density at radius 1 is 0.947 bits per heavy atom. The molecule has 4 aromatic rings. The van der Waals surface area contributed by atoms with E-state index in [1.165, 1.54) is 10.9 Å². The molecule has 7 heteroatoms. The number of para-hydroxylation sites is 1. The summed E-state index contributed by atoms with van der Waals surface area (Å²) in [6.45, 7) is 5.56. The van der Waals surface area contributed by atoms with Crippen LogP contribution in [0, 0.1) is 5.92 Å². The molecule has 0 saturated heterocycles. The highest BCUT2D eigenvalue weighted by atomic mass is 16.5. The van der Waals surface area contributed by atoms with Crippen LogP contribution in [0.25, 0.3) is 10.9 Å². The Morgan fingerprint density at radius 2 is 1.71 bits per heavy atom. The number of hydrogen-bond acceptors (Lipinski definition) is 3. The third kappa shape index (κ3) is 7.16. The average molecular weight is 513 g/mol. The number of hydrogen-bond donors (Lipinski definition) is 2. The maximum Gasteiger partial charge on any atom is 0.322 e. The molecule has 198 valence electrons. The first kappa shape index (κ1) is 26.8. The fourth-order valence-corrected chi connectivity index (χ4v) is 4.52. The molecular formula is C31H36N4O3. The number of ether oxygens (including phenoxy) is 1. The normalized spacial score (nSPS) is 10.9. The minimum Gasteiger partial charge on any atom is -0.497 e. The molecule has 3 aromatic carbocycles. The first-order chi connectivity index (χ1) is 18.4. The summed E-state index contributed by atoms with van der Waals surface area (Å²) in [5.74, 6) is 0.767. The Balaban J connectivity index is 1.50. The number of aromatic nitrogens is 1. The van der Waals surface area contributed by atoms with Crippen molar-refractivity contribution in [2.45, 2.75) is 26.8 Å². The second kappa shape index (κ2) is 12.8. The molecule has 3 amide bonds. The molecule has 0 aliphatic heterocycles. The number of carbonyl (C=O) groups excluding carboxylic acids is 2. The summed E-state index contributed by atoms with van der Waals surface area (Å²) in [5.41, 5.74) is 3.93. The van der Waals surface area contributed by atoms with Crippen molar-refractivity contribution in [2.24, 2.45) is 5.92 Å². The fourth-order valence-electron chi connectivity index (χ4n) is 4.52. The van der Waals surface area contributed by atoms with Crippen LogP contribution in [0.2, 0.25) is 0 Å². The first-order valence-electron chi connectivity index (χ1n) is 13.0. The van der Waals surface area contributed by atoms with Gasteiger partial charge < -0.3 is 24.8 Å². The van der Waals surface area contributed by atoms with E-state index in [-0.39, 0.29) is 24.4 Å². The predicted octanol–water partition coefficient (Wildman–Crippen LogP) is 5.94. The largest absolute Gasteiger partial charge is 0.497 e. The topological polar surface area (TPSA) is 77.7 Å². The smallest absolute Gasteiger partial charge is 0.322 e. The van der Waals surface area contributed by atoms with Gasteiger partial charge in [0, 0.05) is 48.5 Å². The number of amides is 3. The lowest BCUT2D eigenvalue weighted by molar-refractivity contribution is -0.132. The molecule has 7 nitrogen and oxygen atoms in total. The quantitative estimate of drug-likeness (QED) is 0.261. The molecule has 0 fully saturated rings. The summed E-state index contributed by atoms with van der Waals surface area (Å²) in [4.78, 5) is 33.7. The molecule has 0 bridgehead atoms.